The average molecular weight is 485 g/mol. The van der Waals surface area contributed by atoms with Crippen molar-refractivity contribution in [3.05, 3.63) is 54.1 Å². The highest BCUT2D eigenvalue weighted by Crippen LogP contribution is 2.44. The predicted molar refractivity (Wildman–Crippen MR) is 128 cm³/mol. The number of anilines is 2. The van der Waals surface area contributed by atoms with Gasteiger partial charge in [0.2, 0.25) is 21.8 Å². The van der Waals surface area contributed by atoms with E-state index in [0.717, 1.165) is 4.31 Å². The molecular formula is C24H28N4O5S. The van der Waals surface area contributed by atoms with Crippen LogP contribution in [0.5, 0.6) is 0 Å². The first-order valence-electron chi connectivity index (χ1n) is 11.1. The number of benzene rings is 2. The highest BCUT2D eigenvalue weighted by molar-refractivity contribution is 7.89. The minimum absolute atomic E-state index is 0.0174. The van der Waals surface area contributed by atoms with Crippen molar-refractivity contribution < 1.29 is 22.8 Å². The van der Waals surface area contributed by atoms with E-state index in [4.69, 9.17) is 0 Å². The highest BCUT2D eigenvalue weighted by Gasteiger charge is 2.52. The Bertz CT molecular complexity index is 1260. The van der Waals surface area contributed by atoms with Crippen LogP contribution in [0.2, 0.25) is 0 Å². The lowest BCUT2D eigenvalue weighted by atomic mass is 9.98. The summed E-state index contributed by atoms with van der Waals surface area (Å²) >= 11 is 0. The summed E-state index contributed by atoms with van der Waals surface area (Å²) in [6, 6.07) is 13.3. The maximum absolute atomic E-state index is 13.3. The zero-order valence-electron chi connectivity index (χ0n) is 19.4. The summed E-state index contributed by atoms with van der Waals surface area (Å²) in [7, 11) is -0.862. The van der Waals surface area contributed by atoms with Crippen molar-refractivity contribution in [3.8, 4) is 0 Å². The maximum atomic E-state index is 13.3. The molecule has 0 saturated carbocycles. The molecule has 1 fully saturated rings. The third kappa shape index (κ3) is 3.97. The Morgan fingerprint density at radius 2 is 1.76 bits per heavy atom. The molecule has 10 heteroatoms. The summed E-state index contributed by atoms with van der Waals surface area (Å²) in [6.07, 6.45) is 1.33. The molecule has 0 spiro atoms. The minimum Gasteiger partial charge on any atom is -0.325 e. The van der Waals surface area contributed by atoms with Crippen molar-refractivity contribution in [2.75, 3.05) is 30.9 Å². The second kappa shape index (κ2) is 8.84. The Kier molecular flexibility index (Phi) is 6.22. The van der Waals surface area contributed by atoms with E-state index in [2.05, 4.69) is 5.32 Å². The molecule has 9 nitrogen and oxygen atoms in total. The van der Waals surface area contributed by atoms with Crippen LogP contribution in [0.4, 0.5) is 11.4 Å². The number of carbonyl (C=O) groups excluding carboxylic acids is 3. The maximum Gasteiger partial charge on any atom is 0.257 e. The number of nitrogens with zero attached hydrogens (tertiary/aromatic N) is 3. The van der Waals surface area contributed by atoms with Gasteiger partial charge in [-0.25, -0.2) is 12.7 Å². The highest BCUT2D eigenvalue weighted by atomic mass is 32.2. The Labute approximate surface area is 199 Å². The molecule has 0 bridgehead atoms. The number of rotatable bonds is 7. The van der Waals surface area contributed by atoms with Crippen LogP contribution in [0.25, 0.3) is 0 Å². The van der Waals surface area contributed by atoms with Gasteiger partial charge in [0, 0.05) is 33.5 Å². The van der Waals surface area contributed by atoms with Crippen molar-refractivity contribution in [2.24, 2.45) is 0 Å². The van der Waals surface area contributed by atoms with Crippen molar-refractivity contribution in [1.29, 1.82) is 0 Å². The quantitative estimate of drug-likeness (QED) is 0.650. The first-order valence-corrected chi connectivity index (χ1v) is 12.6. The number of hydrogen-bond acceptors (Lipinski definition) is 5. The summed E-state index contributed by atoms with van der Waals surface area (Å²) in [4.78, 5) is 42.0. The van der Waals surface area contributed by atoms with Gasteiger partial charge in [-0.15, -0.1) is 0 Å². The second-order valence-corrected chi connectivity index (χ2v) is 11.0. The second-order valence-electron chi connectivity index (χ2n) is 8.86. The fourth-order valence-electron chi connectivity index (χ4n) is 4.64. The standard InChI is InChI=1S/C24H28N4O5S/c1-24-15-14-22(30)28(24)19-11-6-4-9-17(19)23(31)27(24)16-8-13-21(29)25-18-10-5-7-12-20(18)34(32,33)26(2)3/h4-7,9-12H,8,13-16H2,1-3H3,(H,25,29). The molecule has 1 saturated heterocycles. The molecule has 34 heavy (non-hydrogen) atoms. The SMILES string of the molecule is CN(C)S(=O)(=O)c1ccccc1NC(=O)CCCN1C(=O)c2ccccc2N2C(=O)CCC12C. The summed E-state index contributed by atoms with van der Waals surface area (Å²) in [5.74, 6) is -0.536. The third-order valence-electron chi connectivity index (χ3n) is 6.45. The van der Waals surface area contributed by atoms with Crippen LogP contribution in [-0.4, -0.2) is 61.6 Å². The van der Waals surface area contributed by atoms with Crippen molar-refractivity contribution in [1.82, 2.24) is 9.21 Å². The van der Waals surface area contributed by atoms with Crippen LogP contribution in [0.3, 0.4) is 0 Å². The van der Waals surface area contributed by atoms with Crippen LogP contribution in [-0.2, 0) is 19.6 Å². The van der Waals surface area contributed by atoms with Crippen LogP contribution in [0.1, 0.15) is 43.0 Å². The van der Waals surface area contributed by atoms with Gasteiger partial charge in [-0.1, -0.05) is 24.3 Å². The summed E-state index contributed by atoms with van der Waals surface area (Å²) in [5.41, 5.74) is 0.544. The Morgan fingerprint density at radius 1 is 1.09 bits per heavy atom. The number of sulfonamides is 1. The lowest BCUT2D eigenvalue weighted by Gasteiger charge is -2.48. The van der Waals surface area contributed by atoms with E-state index in [-0.39, 0.29) is 34.7 Å². The number of fused-ring (bicyclic) bond motifs is 3. The zero-order valence-corrected chi connectivity index (χ0v) is 20.3. The largest absolute Gasteiger partial charge is 0.325 e. The van der Waals surface area contributed by atoms with Gasteiger partial charge in [0.05, 0.1) is 16.9 Å². The number of hydrogen-bond donors (Lipinski definition) is 1. The van der Waals surface area contributed by atoms with Crippen molar-refractivity contribution in [3.63, 3.8) is 0 Å². The zero-order chi connectivity index (χ0) is 24.7. The summed E-state index contributed by atoms with van der Waals surface area (Å²) < 4.78 is 26.2. The van der Waals surface area contributed by atoms with Gasteiger partial charge < -0.3 is 10.2 Å². The van der Waals surface area contributed by atoms with Gasteiger partial charge in [0.1, 0.15) is 10.6 Å². The fraction of sp³-hybridized carbons (Fsp3) is 0.375. The van der Waals surface area contributed by atoms with Crippen LogP contribution in [0.15, 0.2) is 53.4 Å². The number of para-hydroxylation sites is 2. The Morgan fingerprint density at radius 3 is 2.50 bits per heavy atom. The number of amides is 3. The summed E-state index contributed by atoms with van der Waals surface area (Å²) in [6.45, 7) is 2.17. The van der Waals surface area contributed by atoms with Gasteiger partial charge in [-0.05, 0) is 44.0 Å². The fourth-order valence-corrected chi connectivity index (χ4v) is 5.68. The molecule has 4 rings (SSSR count). The Hall–Kier alpha value is -3.24. The van der Waals surface area contributed by atoms with E-state index in [1.165, 1.54) is 20.2 Å². The molecule has 2 aromatic rings. The average Bonchev–Trinajstić information content (AvgIpc) is 3.11. The van der Waals surface area contributed by atoms with E-state index in [1.54, 1.807) is 46.2 Å². The monoisotopic (exact) mass is 484 g/mol. The van der Waals surface area contributed by atoms with E-state index >= 15 is 0 Å². The van der Waals surface area contributed by atoms with Crippen LogP contribution in [0, 0.1) is 0 Å². The first-order chi connectivity index (χ1) is 16.1. The summed E-state index contributed by atoms with van der Waals surface area (Å²) in [5, 5.41) is 2.69. The third-order valence-corrected chi connectivity index (χ3v) is 8.32. The molecule has 2 aliphatic heterocycles. The normalized spacial score (nSPS) is 19.9. The Balaban J connectivity index is 1.47. The molecule has 1 unspecified atom stereocenters. The van der Waals surface area contributed by atoms with Crippen molar-refractivity contribution in [2.45, 2.75) is 43.2 Å². The molecule has 1 atom stereocenters. The molecular weight excluding hydrogens is 456 g/mol. The van der Waals surface area contributed by atoms with Gasteiger partial charge in [0.25, 0.3) is 5.91 Å². The molecule has 2 aromatic carbocycles. The predicted octanol–water partition coefficient (Wildman–Crippen LogP) is 2.65. The topological polar surface area (TPSA) is 107 Å². The number of nitrogens with one attached hydrogen (secondary N) is 1. The van der Waals surface area contributed by atoms with E-state index in [0.29, 0.717) is 37.1 Å². The van der Waals surface area contributed by atoms with E-state index < -0.39 is 15.7 Å². The van der Waals surface area contributed by atoms with Gasteiger partial charge in [0.15, 0.2) is 0 Å². The molecule has 1 N–H and O–H groups in total. The first kappa shape index (κ1) is 23.9. The van der Waals surface area contributed by atoms with E-state index in [1.807, 2.05) is 13.0 Å². The molecule has 3 amide bonds. The van der Waals surface area contributed by atoms with E-state index in [9.17, 15) is 22.8 Å². The molecule has 180 valence electrons. The molecule has 0 aromatic heterocycles. The van der Waals surface area contributed by atoms with Crippen LogP contribution >= 0.6 is 0 Å². The smallest absolute Gasteiger partial charge is 0.257 e. The van der Waals surface area contributed by atoms with Gasteiger partial charge in [-0.2, -0.15) is 0 Å². The van der Waals surface area contributed by atoms with Gasteiger partial charge in [-0.3, -0.25) is 19.3 Å². The van der Waals surface area contributed by atoms with Crippen LogP contribution < -0.4 is 10.2 Å². The molecule has 0 radical (unpaired) electrons. The lowest BCUT2D eigenvalue weighted by molar-refractivity contribution is -0.118. The molecule has 2 aliphatic rings. The minimum atomic E-state index is -3.72. The molecule has 0 aliphatic carbocycles. The lowest BCUT2D eigenvalue weighted by Crippen LogP contribution is -2.62. The van der Waals surface area contributed by atoms with Gasteiger partial charge >= 0.3 is 0 Å². The molecule has 2 heterocycles. The van der Waals surface area contributed by atoms with Crippen molar-refractivity contribution >= 4 is 39.1 Å². The number of carbonyl (C=O) groups is 3.